The van der Waals surface area contributed by atoms with Gasteiger partial charge in [0.1, 0.15) is 0 Å². The van der Waals surface area contributed by atoms with E-state index in [1.54, 1.807) is 24.3 Å². The van der Waals surface area contributed by atoms with Gasteiger partial charge in [0.15, 0.2) is 18.2 Å². The van der Waals surface area contributed by atoms with E-state index in [0.29, 0.717) is 5.69 Å². The maximum Gasteiger partial charge on any atom is 0.262 e. The number of ether oxygens (including phenoxy) is 1. The number of hydrogen-bond donors (Lipinski definition) is 1. The predicted octanol–water partition coefficient (Wildman–Crippen LogP) is 3.91. The van der Waals surface area contributed by atoms with Gasteiger partial charge in [-0.3, -0.25) is 4.79 Å². The van der Waals surface area contributed by atoms with Crippen LogP contribution in [0.15, 0.2) is 46.9 Å². The van der Waals surface area contributed by atoms with E-state index in [0.717, 1.165) is 10.0 Å². The van der Waals surface area contributed by atoms with Gasteiger partial charge in [-0.05, 0) is 48.9 Å². The molecule has 0 aliphatic carbocycles. The fraction of sp³-hybridized carbons (Fsp3) is 0.133. The Morgan fingerprint density at radius 1 is 1.25 bits per heavy atom. The molecule has 0 aromatic heterocycles. The summed E-state index contributed by atoms with van der Waals surface area (Å²) >= 11 is 3.31. The van der Waals surface area contributed by atoms with Gasteiger partial charge >= 0.3 is 0 Å². The van der Waals surface area contributed by atoms with Crippen LogP contribution in [0.2, 0.25) is 0 Å². The van der Waals surface area contributed by atoms with Gasteiger partial charge in [0.25, 0.3) is 5.91 Å². The van der Waals surface area contributed by atoms with Crippen LogP contribution < -0.4 is 10.1 Å². The smallest absolute Gasteiger partial charge is 0.262 e. The van der Waals surface area contributed by atoms with Crippen LogP contribution in [0.25, 0.3) is 0 Å². The zero-order valence-corrected chi connectivity index (χ0v) is 12.4. The second-order valence-electron chi connectivity index (χ2n) is 4.28. The lowest BCUT2D eigenvalue weighted by atomic mass is 10.2. The Balaban J connectivity index is 1.92. The molecule has 1 N–H and O–H groups in total. The van der Waals surface area contributed by atoms with Crippen LogP contribution in [0, 0.1) is 12.7 Å². The van der Waals surface area contributed by atoms with Crippen LogP contribution >= 0.6 is 15.9 Å². The van der Waals surface area contributed by atoms with Gasteiger partial charge in [0.05, 0.1) is 0 Å². The molecule has 0 spiro atoms. The number of aryl methyl sites for hydroxylation is 1. The van der Waals surface area contributed by atoms with E-state index in [9.17, 15) is 9.18 Å². The molecule has 0 fully saturated rings. The van der Waals surface area contributed by atoms with Crippen molar-refractivity contribution >= 4 is 27.5 Å². The number of nitrogens with one attached hydrogen (secondary N) is 1. The van der Waals surface area contributed by atoms with E-state index in [4.69, 9.17) is 4.74 Å². The number of carbonyl (C=O) groups is 1. The van der Waals surface area contributed by atoms with E-state index >= 15 is 0 Å². The molecule has 5 heteroatoms. The second-order valence-corrected chi connectivity index (χ2v) is 5.19. The Morgan fingerprint density at radius 3 is 2.65 bits per heavy atom. The number of carbonyl (C=O) groups excluding carboxylic acids is 1. The van der Waals surface area contributed by atoms with Crippen molar-refractivity contribution in [1.82, 2.24) is 0 Å². The summed E-state index contributed by atoms with van der Waals surface area (Å²) in [6, 6.07) is 11.7. The molecule has 0 heterocycles. The SMILES string of the molecule is Cc1ccc(F)c(OCC(=O)Nc2ccc(Br)cc2)c1. The quantitative estimate of drug-likeness (QED) is 0.918. The van der Waals surface area contributed by atoms with Gasteiger partial charge < -0.3 is 10.1 Å². The van der Waals surface area contributed by atoms with Crippen LogP contribution in [0.3, 0.4) is 0 Å². The molecule has 2 rings (SSSR count). The number of anilines is 1. The van der Waals surface area contributed by atoms with Crippen molar-refractivity contribution in [2.75, 3.05) is 11.9 Å². The Labute approximate surface area is 124 Å². The second kappa shape index (κ2) is 6.52. The molecule has 2 aromatic rings. The molecule has 20 heavy (non-hydrogen) atoms. The first-order valence-electron chi connectivity index (χ1n) is 5.99. The third kappa shape index (κ3) is 4.06. The summed E-state index contributed by atoms with van der Waals surface area (Å²) < 4.78 is 19.5. The first-order chi connectivity index (χ1) is 9.54. The lowest BCUT2D eigenvalue weighted by molar-refractivity contribution is -0.118. The summed E-state index contributed by atoms with van der Waals surface area (Å²) in [4.78, 5) is 11.7. The number of amides is 1. The molecule has 0 radical (unpaired) electrons. The highest BCUT2D eigenvalue weighted by molar-refractivity contribution is 9.10. The van der Waals surface area contributed by atoms with Crippen LogP contribution in [0.1, 0.15) is 5.56 Å². The predicted molar refractivity (Wildman–Crippen MR) is 79.4 cm³/mol. The molecule has 0 atom stereocenters. The standard InChI is InChI=1S/C15H13BrFNO2/c1-10-2-7-13(17)14(8-10)20-9-15(19)18-12-5-3-11(16)4-6-12/h2-8H,9H2,1H3,(H,18,19). The molecule has 1 amide bonds. The highest BCUT2D eigenvalue weighted by Gasteiger charge is 2.07. The third-order valence-electron chi connectivity index (χ3n) is 2.57. The van der Waals surface area contributed by atoms with Crippen LogP contribution in [-0.4, -0.2) is 12.5 Å². The lowest BCUT2D eigenvalue weighted by Crippen LogP contribution is -2.20. The average Bonchev–Trinajstić information content (AvgIpc) is 2.42. The topological polar surface area (TPSA) is 38.3 Å². The van der Waals surface area contributed by atoms with Crippen molar-refractivity contribution in [3.8, 4) is 5.75 Å². The molecular weight excluding hydrogens is 325 g/mol. The summed E-state index contributed by atoms with van der Waals surface area (Å²) in [6.07, 6.45) is 0. The highest BCUT2D eigenvalue weighted by atomic mass is 79.9. The largest absolute Gasteiger partial charge is 0.481 e. The van der Waals surface area contributed by atoms with Crippen LogP contribution in [-0.2, 0) is 4.79 Å². The van der Waals surface area contributed by atoms with E-state index in [1.165, 1.54) is 6.07 Å². The molecule has 0 aliphatic heterocycles. The number of hydrogen-bond acceptors (Lipinski definition) is 2. The highest BCUT2D eigenvalue weighted by Crippen LogP contribution is 2.18. The summed E-state index contributed by atoms with van der Waals surface area (Å²) in [7, 11) is 0. The fourth-order valence-electron chi connectivity index (χ4n) is 1.59. The van der Waals surface area contributed by atoms with E-state index in [1.807, 2.05) is 19.1 Å². The van der Waals surface area contributed by atoms with Crippen molar-refractivity contribution in [3.05, 3.63) is 58.3 Å². The van der Waals surface area contributed by atoms with Crippen molar-refractivity contribution in [2.45, 2.75) is 6.92 Å². The van der Waals surface area contributed by atoms with E-state index in [-0.39, 0.29) is 18.3 Å². The summed E-state index contributed by atoms with van der Waals surface area (Å²) in [5.74, 6) is -0.740. The molecule has 3 nitrogen and oxygen atoms in total. The monoisotopic (exact) mass is 337 g/mol. The van der Waals surface area contributed by atoms with Gasteiger partial charge in [-0.2, -0.15) is 0 Å². The van der Waals surface area contributed by atoms with Crippen LogP contribution in [0.4, 0.5) is 10.1 Å². The van der Waals surface area contributed by atoms with Crippen molar-refractivity contribution < 1.29 is 13.9 Å². The number of halogens is 2. The van der Waals surface area contributed by atoms with Crippen LogP contribution in [0.5, 0.6) is 5.75 Å². The minimum Gasteiger partial charge on any atom is -0.481 e. The molecule has 0 bridgehead atoms. The third-order valence-corrected chi connectivity index (χ3v) is 3.10. The van der Waals surface area contributed by atoms with Gasteiger partial charge in [-0.15, -0.1) is 0 Å². The molecule has 0 aliphatic rings. The molecular formula is C15H13BrFNO2. The maximum atomic E-state index is 13.4. The zero-order chi connectivity index (χ0) is 14.5. The first-order valence-corrected chi connectivity index (χ1v) is 6.78. The lowest BCUT2D eigenvalue weighted by Gasteiger charge is -2.09. The normalized spacial score (nSPS) is 10.2. The molecule has 0 saturated carbocycles. The maximum absolute atomic E-state index is 13.4. The molecule has 0 unspecified atom stereocenters. The zero-order valence-electron chi connectivity index (χ0n) is 10.8. The Kier molecular flexibility index (Phi) is 4.74. The van der Waals surface area contributed by atoms with E-state index in [2.05, 4.69) is 21.2 Å². The summed E-state index contributed by atoms with van der Waals surface area (Å²) in [5.41, 5.74) is 1.53. The van der Waals surface area contributed by atoms with Gasteiger partial charge in [0.2, 0.25) is 0 Å². The van der Waals surface area contributed by atoms with Gasteiger partial charge in [-0.25, -0.2) is 4.39 Å². The Hall–Kier alpha value is -1.88. The van der Waals surface area contributed by atoms with Crippen molar-refractivity contribution in [2.24, 2.45) is 0 Å². The van der Waals surface area contributed by atoms with E-state index < -0.39 is 5.82 Å². The minimum absolute atomic E-state index is 0.0796. The number of rotatable bonds is 4. The van der Waals surface area contributed by atoms with Gasteiger partial charge in [-0.1, -0.05) is 22.0 Å². The molecule has 104 valence electrons. The van der Waals surface area contributed by atoms with Gasteiger partial charge in [0, 0.05) is 10.2 Å². The van der Waals surface area contributed by atoms with Crippen molar-refractivity contribution in [1.29, 1.82) is 0 Å². The average molecular weight is 338 g/mol. The minimum atomic E-state index is -0.480. The Bertz CT molecular complexity index is 614. The Morgan fingerprint density at radius 2 is 1.95 bits per heavy atom. The summed E-state index contributed by atoms with van der Waals surface area (Å²) in [6.45, 7) is 1.59. The number of benzene rings is 2. The first kappa shape index (κ1) is 14.5. The molecule has 2 aromatic carbocycles. The van der Waals surface area contributed by atoms with Crippen molar-refractivity contribution in [3.63, 3.8) is 0 Å². The molecule has 0 saturated heterocycles. The fourth-order valence-corrected chi connectivity index (χ4v) is 1.86. The summed E-state index contributed by atoms with van der Waals surface area (Å²) in [5, 5.41) is 2.67.